The van der Waals surface area contributed by atoms with E-state index in [4.69, 9.17) is 11.6 Å². The van der Waals surface area contributed by atoms with E-state index >= 15 is 0 Å². The molecule has 0 atom stereocenters. The third-order valence-electron chi connectivity index (χ3n) is 2.04. The van der Waals surface area contributed by atoms with E-state index in [9.17, 15) is 0 Å². The van der Waals surface area contributed by atoms with Crippen LogP contribution in [0.1, 0.15) is 11.1 Å². The predicted molar refractivity (Wildman–Crippen MR) is 85.6 cm³/mol. The van der Waals surface area contributed by atoms with Crippen LogP contribution in [0.15, 0.2) is 48.8 Å². The van der Waals surface area contributed by atoms with Crippen LogP contribution in [-0.4, -0.2) is 10.1 Å². The minimum absolute atomic E-state index is 0.000000000000000222. The van der Waals surface area contributed by atoms with Crippen molar-refractivity contribution in [3.63, 3.8) is 0 Å². The van der Waals surface area contributed by atoms with Crippen LogP contribution >= 0.6 is 23.8 Å². The molecule has 0 bridgehead atoms. The van der Waals surface area contributed by atoms with Crippen molar-refractivity contribution >= 4 is 41.1 Å². The van der Waals surface area contributed by atoms with E-state index in [1.165, 1.54) is 0 Å². The molecule has 2 rings (SSSR count). The summed E-state index contributed by atoms with van der Waals surface area (Å²) in [7, 11) is 0. The molecular weight excluding hydrogens is 278 g/mol. The molecule has 4 N–H and O–H groups in total. The Morgan fingerprint density at radius 2 is 1.37 bits per heavy atom. The summed E-state index contributed by atoms with van der Waals surface area (Å²) in [6.07, 6.45) is 7.65. The standard InChI is InChI=1S/C13H10ClN.CH4N2S/c14-13-5-3-11(4-6-13)1-2-12-7-9-15-10-8-12;2-1(3)4/h1-10H;(H4,2,3,4)/b2-1+;. The lowest BCUT2D eigenvalue weighted by molar-refractivity contribution is 1.32. The fraction of sp³-hybridized carbons (Fsp3) is 0. The van der Waals surface area contributed by atoms with Gasteiger partial charge >= 0.3 is 0 Å². The maximum Gasteiger partial charge on any atom is 0.160 e. The van der Waals surface area contributed by atoms with Gasteiger partial charge in [-0.2, -0.15) is 0 Å². The lowest BCUT2D eigenvalue weighted by atomic mass is 10.1. The Labute approximate surface area is 122 Å². The number of hydrogen-bond donors (Lipinski definition) is 2. The van der Waals surface area contributed by atoms with Crippen molar-refractivity contribution in [1.82, 2.24) is 4.98 Å². The molecule has 5 heteroatoms. The predicted octanol–water partition coefficient (Wildman–Crippen LogP) is 3.09. The Kier molecular flexibility index (Phi) is 6.57. The van der Waals surface area contributed by atoms with Crippen LogP contribution in [0.2, 0.25) is 5.02 Å². The van der Waals surface area contributed by atoms with Crippen molar-refractivity contribution in [2.75, 3.05) is 0 Å². The second-order valence-corrected chi connectivity index (χ2v) is 4.48. The van der Waals surface area contributed by atoms with Gasteiger partial charge in [0.25, 0.3) is 0 Å². The number of thiocarbonyl (C=S) groups is 1. The molecule has 0 saturated heterocycles. The lowest BCUT2D eigenvalue weighted by Crippen LogP contribution is -2.18. The van der Waals surface area contributed by atoms with Gasteiger partial charge in [0.1, 0.15) is 0 Å². The summed E-state index contributed by atoms with van der Waals surface area (Å²) in [4.78, 5) is 3.96. The Balaban J connectivity index is 0.000000399. The average Bonchev–Trinajstić information content (AvgIpc) is 2.39. The number of nitrogens with two attached hydrogens (primary N) is 2. The van der Waals surface area contributed by atoms with Crippen LogP contribution in [0.3, 0.4) is 0 Å². The van der Waals surface area contributed by atoms with E-state index in [1.54, 1.807) is 12.4 Å². The molecule has 3 nitrogen and oxygen atoms in total. The molecule has 0 saturated carbocycles. The van der Waals surface area contributed by atoms with Gasteiger partial charge in [0, 0.05) is 17.4 Å². The summed E-state index contributed by atoms with van der Waals surface area (Å²) < 4.78 is 0. The molecule has 0 fully saturated rings. The minimum Gasteiger partial charge on any atom is -0.377 e. The largest absolute Gasteiger partial charge is 0.377 e. The van der Waals surface area contributed by atoms with Crippen molar-refractivity contribution in [3.8, 4) is 0 Å². The van der Waals surface area contributed by atoms with E-state index < -0.39 is 0 Å². The number of benzene rings is 1. The van der Waals surface area contributed by atoms with Crippen LogP contribution < -0.4 is 11.5 Å². The van der Waals surface area contributed by atoms with Crippen LogP contribution in [0.4, 0.5) is 0 Å². The first-order valence-electron chi connectivity index (χ1n) is 5.46. The summed E-state index contributed by atoms with van der Waals surface area (Å²) >= 11 is 9.89. The summed E-state index contributed by atoms with van der Waals surface area (Å²) in [6, 6.07) is 11.7. The topological polar surface area (TPSA) is 64.9 Å². The maximum absolute atomic E-state index is 5.80. The summed E-state index contributed by atoms with van der Waals surface area (Å²) in [6.45, 7) is 0. The Bertz CT molecular complexity index is 534. The number of pyridine rings is 1. The maximum atomic E-state index is 5.80. The van der Waals surface area contributed by atoms with Gasteiger partial charge in [0.2, 0.25) is 0 Å². The normalized spacial score (nSPS) is 9.74. The molecule has 2 aromatic rings. The Hall–Kier alpha value is -1.91. The van der Waals surface area contributed by atoms with Crippen molar-refractivity contribution in [2.45, 2.75) is 0 Å². The number of hydrogen-bond acceptors (Lipinski definition) is 2. The lowest BCUT2D eigenvalue weighted by Gasteiger charge is -1.94. The summed E-state index contributed by atoms with van der Waals surface area (Å²) in [5, 5.41) is 0.760. The van der Waals surface area contributed by atoms with Gasteiger partial charge in [0.15, 0.2) is 5.11 Å². The van der Waals surface area contributed by atoms with Crippen molar-refractivity contribution < 1.29 is 0 Å². The first-order valence-corrected chi connectivity index (χ1v) is 6.25. The number of nitrogens with zero attached hydrogens (tertiary/aromatic N) is 1. The number of rotatable bonds is 2. The monoisotopic (exact) mass is 291 g/mol. The second-order valence-electron chi connectivity index (χ2n) is 3.57. The molecule has 0 spiro atoms. The first-order chi connectivity index (χ1) is 9.08. The highest BCUT2D eigenvalue weighted by Gasteiger charge is 1.88. The highest BCUT2D eigenvalue weighted by Crippen LogP contribution is 2.12. The molecule has 0 aliphatic rings. The number of halogens is 1. The van der Waals surface area contributed by atoms with Gasteiger partial charge in [-0.3, -0.25) is 4.98 Å². The summed E-state index contributed by atoms with van der Waals surface area (Å²) in [5.74, 6) is 0. The molecule has 0 aliphatic heterocycles. The summed E-state index contributed by atoms with van der Waals surface area (Å²) in [5.41, 5.74) is 11.5. The molecule has 1 heterocycles. The van der Waals surface area contributed by atoms with Gasteiger partial charge < -0.3 is 11.5 Å². The molecule has 1 aromatic heterocycles. The third-order valence-corrected chi connectivity index (χ3v) is 2.30. The zero-order valence-electron chi connectivity index (χ0n) is 10.2. The van der Waals surface area contributed by atoms with Crippen LogP contribution in [-0.2, 0) is 0 Å². The fourth-order valence-electron chi connectivity index (χ4n) is 1.24. The van der Waals surface area contributed by atoms with Crippen LogP contribution in [0.25, 0.3) is 12.2 Å². The number of aromatic nitrogens is 1. The fourth-order valence-corrected chi connectivity index (χ4v) is 1.37. The first kappa shape index (κ1) is 15.1. The van der Waals surface area contributed by atoms with Gasteiger partial charge in [-0.05, 0) is 47.6 Å². The van der Waals surface area contributed by atoms with Gasteiger partial charge in [-0.25, -0.2) is 0 Å². The molecule has 19 heavy (non-hydrogen) atoms. The molecule has 0 radical (unpaired) electrons. The van der Waals surface area contributed by atoms with Crippen LogP contribution in [0.5, 0.6) is 0 Å². The smallest absolute Gasteiger partial charge is 0.160 e. The molecule has 1 aromatic carbocycles. The zero-order chi connectivity index (χ0) is 14.1. The minimum atomic E-state index is 0.000000000000000222. The van der Waals surface area contributed by atoms with E-state index in [0.29, 0.717) is 0 Å². The van der Waals surface area contributed by atoms with E-state index in [-0.39, 0.29) is 5.11 Å². The average molecular weight is 292 g/mol. The van der Waals surface area contributed by atoms with Crippen LogP contribution in [0, 0.1) is 0 Å². The van der Waals surface area contributed by atoms with Gasteiger partial charge in [0.05, 0.1) is 0 Å². The Morgan fingerprint density at radius 3 is 1.84 bits per heavy atom. The van der Waals surface area contributed by atoms with E-state index in [1.807, 2.05) is 48.6 Å². The third kappa shape index (κ3) is 7.18. The molecule has 0 unspecified atom stereocenters. The van der Waals surface area contributed by atoms with E-state index in [2.05, 4.69) is 28.7 Å². The van der Waals surface area contributed by atoms with Crippen molar-refractivity contribution in [2.24, 2.45) is 11.5 Å². The molecule has 0 aliphatic carbocycles. The molecule has 98 valence electrons. The highest BCUT2D eigenvalue weighted by molar-refractivity contribution is 7.80. The molecular formula is C14H14ClN3S. The Morgan fingerprint density at radius 1 is 0.947 bits per heavy atom. The SMILES string of the molecule is Clc1ccc(/C=C/c2ccncc2)cc1.NC(N)=S. The van der Waals surface area contributed by atoms with Gasteiger partial charge in [-0.15, -0.1) is 0 Å². The zero-order valence-corrected chi connectivity index (χ0v) is 11.7. The second kappa shape index (κ2) is 8.24. The quantitative estimate of drug-likeness (QED) is 0.835. The van der Waals surface area contributed by atoms with Crippen molar-refractivity contribution in [1.29, 1.82) is 0 Å². The van der Waals surface area contributed by atoms with Gasteiger partial charge in [-0.1, -0.05) is 35.9 Å². The van der Waals surface area contributed by atoms with E-state index in [0.717, 1.165) is 16.1 Å². The molecule has 0 amide bonds. The highest BCUT2D eigenvalue weighted by atomic mass is 35.5. The van der Waals surface area contributed by atoms with Crippen molar-refractivity contribution in [3.05, 3.63) is 64.9 Å².